The highest BCUT2D eigenvalue weighted by Gasteiger charge is 2.21. The van der Waals surface area contributed by atoms with Crippen molar-refractivity contribution in [2.75, 3.05) is 26.0 Å². The number of H-pyrrole nitrogens is 1. The molecule has 1 aromatic heterocycles. The summed E-state index contributed by atoms with van der Waals surface area (Å²) in [7, 11) is 3.49. The first kappa shape index (κ1) is 18.6. The van der Waals surface area contributed by atoms with Crippen molar-refractivity contribution in [3.8, 4) is 5.75 Å². The molecular formula is C20H23N4O3+. The summed E-state index contributed by atoms with van der Waals surface area (Å²) < 4.78 is 5.11. The van der Waals surface area contributed by atoms with Crippen molar-refractivity contribution in [3.05, 3.63) is 64.7 Å². The van der Waals surface area contributed by atoms with Gasteiger partial charge in [-0.3, -0.25) is 9.59 Å². The molecule has 1 heterocycles. The molecule has 0 fully saturated rings. The second-order valence-corrected chi connectivity index (χ2v) is 6.49. The second-order valence-electron chi connectivity index (χ2n) is 6.49. The van der Waals surface area contributed by atoms with Crippen molar-refractivity contribution in [2.24, 2.45) is 0 Å². The fraction of sp³-hybridized carbons (Fsp3) is 0.250. The largest absolute Gasteiger partial charge is 0.497 e. The molecule has 0 spiro atoms. The van der Waals surface area contributed by atoms with E-state index in [0.717, 1.165) is 10.6 Å². The molecular weight excluding hydrogens is 344 g/mol. The van der Waals surface area contributed by atoms with Gasteiger partial charge in [-0.05, 0) is 43.3 Å². The molecule has 3 rings (SSSR count). The number of rotatable bonds is 6. The Morgan fingerprint density at radius 3 is 2.63 bits per heavy atom. The number of fused-ring (bicyclic) bond motifs is 1. The van der Waals surface area contributed by atoms with Crippen molar-refractivity contribution < 1.29 is 14.4 Å². The summed E-state index contributed by atoms with van der Waals surface area (Å²) in [6.45, 7) is 2.17. The van der Waals surface area contributed by atoms with Crippen LogP contribution >= 0.6 is 0 Å². The van der Waals surface area contributed by atoms with Gasteiger partial charge in [0.15, 0.2) is 12.4 Å². The molecule has 0 saturated carbocycles. The third-order valence-corrected chi connectivity index (χ3v) is 4.59. The Hall–Kier alpha value is -3.19. The van der Waals surface area contributed by atoms with E-state index in [-0.39, 0.29) is 24.1 Å². The molecule has 0 aliphatic heterocycles. The molecule has 0 aliphatic carbocycles. The van der Waals surface area contributed by atoms with Crippen LogP contribution < -0.4 is 20.5 Å². The van der Waals surface area contributed by atoms with Crippen LogP contribution in [-0.2, 0) is 4.79 Å². The highest BCUT2D eigenvalue weighted by molar-refractivity contribution is 5.91. The number of para-hydroxylation sites is 1. The molecule has 2 atom stereocenters. The SMILES string of the molecule is COc1ccc(NC(=O)C[NH+](C)[C@@H](C)c2nc3ccccc3c(=O)[nH]2)cc1. The second kappa shape index (κ2) is 8.01. The number of carbonyl (C=O) groups is 1. The molecule has 3 N–H and O–H groups in total. The van der Waals surface area contributed by atoms with E-state index in [2.05, 4.69) is 15.3 Å². The Morgan fingerprint density at radius 1 is 1.22 bits per heavy atom. The zero-order valence-electron chi connectivity index (χ0n) is 15.6. The maximum atomic E-state index is 12.3. The Balaban J connectivity index is 1.68. The fourth-order valence-corrected chi connectivity index (χ4v) is 2.83. The lowest BCUT2D eigenvalue weighted by atomic mass is 10.2. The van der Waals surface area contributed by atoms with Crippen molar-refractivity contribution in [2.45, 2.75) is 13.0 Å². The summed E-state index contributed by atoms with van der Waals surface area (Å²) in [6, 6.07) is 14.2. The zero-order chi connectivity index (χ0) is 19.4. The van der Waals surface area contributed by atoms with Gasteiger partial charge >= 0.3 is 0 Å². The quantitative estimate of drug-likeness (QED) is 0.610. The third kappa shape index (κ3) is 4.32. The standard InChI is InChI=1S/C20H22N4O3/c1-13(19-22-17-7-5-4-6-16(17)20(26)23-19)24(2)12-18(25)21-14-8-10-15(27-3)11-9-14/h4-11,13H,12H2,1-3H3,(H,21,25)(H,22,23,26)/p+1/t13-/m0/s1. The van der Waals surface area contributed by atoms with E-state index < -0.39 is 0 Å². The Labute approximate surface area is 157 Å². The molecule has 1 amide bonds. The number of hydrogen-bond donors (Lipinski definition) is 3. The first-order chi connectivity index (χ1) is 13.0. The number of nitrogens with zero attached hydrogens (tertiary/aromatic N) is 1. The average molecular weight is 367 g/mol. The molecule has 27 heavy (non-hydrogen) atoms. The predicted octanol–water partition coefficient (Wildman–Crippen LogP) is 1.15. The van der Waals surface area contributed by atoms with Crippen LogP contribution in [0.25, 0.3) is 10.9 Å². The Bertz CT molecular complexity index is 998. The lowest BCUT2D eigenvalue weighted by Crippen LogP contribution is -3.10. The summed E-state index contributed by atoms with van der Waals surface area (Å²) in [4.78, 5) is 32.9. The van der Waals surface area contributed by atoms with E-state index >= 15 is 0 Å². The monoisotopic (exact) mass is 367 g/mol. The van der Waals surface area contributed by atoms with Crippen LogP contribution in [0.4, 0.5) is 5.69 Å². The molecule has 0 radical (unpaired) electrons. The maximum absolute atomic E-state index is 12.3. The number of aromatic nitrogens is 2. The van der Waals surface area contributed by atoms with Gasteiger partial charge in [0.1, 0.15) is 11.8 Å². The molecule has 0 bridgehead atoms. The Morgan fingerprint density at radius 2 is 1.93 bits per heavy atom. The summed E-state index contributed by atoms with van der Waals surface area (Å²) in [6.07, 6.45) is 0. The van der Waals surface area contributed by atoms with Crippen LogP contribution in [0.1, 0.15) is 18.8 Å². The number of benzene rings is 2. The van der Waals surface area contributed by atoms with E-state index in [1.54, 1.807) is 37.4 Å². The number of ether oxygens (including phenoxy) is 1. The number of quaternary nitrogens is 1. The molecule has 140 valence electrons. The minimum atomic E-state index is -0.169. The zero-order valence-corrected chi connectivity index (χ0v) is 15.6. The molecule has 3 aromatic rings. The number of aromatic amines is 1. The van der Waals surface area contributed by atoms with Crippen LogP contribution in [0.5, 0.6) is 5.75 Å². The van der Waals surface area contributed by atoms with Crippen molar-refractivity contribution in [3.63, 3.8) is 0 Å². The number of nitrogens with one attached hydrogen (secondary N) is 3. The minimum Gasteiger partial charge on any atom is -0.497 e. The van der Waals surface area contributed by atoms with Gasteiger partial charge in [-0.2, -0.15) is 0 Å². The molecule has 2 aromatic carbocycles. The first-order valence-corrected chi connectivity index (χ1v) is 8.73. The third-order valence-electron chi connectivity index (χ3n) is 4.59. The van der Waals surface area contributed by atoms with Crippen molar-refractivity contribution >= 4 is 22.5 Å². The number of carbonyl (C=O) groups excluding carboxylic acids is 1. The summed E-state index contributed by atoms with van der Waals surface area (Å²) in [5, 5.41) is 3.42. The van der Waals surface area contributed by atoms with E-state index in [4.69, 9.17) is 4.74 Å². The van der Waals surface area contributed by atoms with Gasteiger partial charge in [0, 0.05) is 5.69 Å². The van der Waals surface area contributed by atoms with Gasteiger partial charge < -0.3 is 19.9 Å². The van der Waals surface area contributed by atoms with E-state index in [1.165, 1.54) is 0 Å². The molecule has 0 aliphatic rings. The minimum absolute atomic E-state index is 0.118. The highest BCUT2D eigenvalue weighted by Crippen LogP contribution is 2.14. The van der Waals surface area contributed by atoms with Gasteiger partial charge in [-0.15, -0.1) is 0 Å². The average Bonchev–Trinajstić information content (AvgIpc) is 2.67. The topological polar surface area (TPSA) is 88.5 Å². The molecule has 1 unspecified atom stereocenters. The van der Waals surface area contributed by atoms with Gasteiger partial charge in [0.05, 0.1) is 25.1 Å². The van der Waals surface area contributed by atoms with Gasteiger partial charge in [-0.25, -0.2) is 4.98 Å². The van der Waals surface area contributed by atoms with Gasteiger partial charge in [-0.1, -0.05) is 12.1 Å². The lowest BCUT2D eigenvalue weighted by molar-refractivity contribution is -0.902. The highest BCUT2D eigenvalue weighted by atomic mass is 16.5. The van der Waals surface area contributed by atoms with Crippen LogP contribution in [0.2, 0.25) is 0 Å². The molecule has 7 nitrogen and oxygen atoms in total. The maximum Gasteiger partial charge on any atom is 0.279 e. The molecule has 0 saturated heterocycles. The van der Waals surface area contributed by atoms with Gasteiger partial charge in [0.2, 0.25) is 0 Å². The van der Waals surface area contributed by atoms with Gasteiger partial charge in [0.25, 0.3) is 11.5 Å². The van der Waals surface area contributed by atoms with E-state index in [9.17, 15) is 9.59 Å². The predicted molar refractivity (Wildman–Crippen MR) is 104 cm³/mol. The number of amides is 1. The number of likely N-dealkylation sites (N-methyl/N-ethyl adjacent to an activating group) is 1. The Kier molecular flexibility index (Phi) is 5.52. The van der Waals surface area contributed by atoms with Crippen LogP contribution in [0.3, 0.4) is 0 Å². The lowest BCUT2D eigenvalue weighted by Gasteiger charge is -2.20. The van der Waals surface area contributed by atoms with Crippen LogP contribution in [0, 0.1) is 0 Å². The number of anilines is 1. The number of hydrogen-bond acceptors (Lipinski definition) is 4. The van der Waals surface area contributed by atoms with Crippen LogP contribution in [-0.4, -0.2) is 36.6 Å². The normalized spacial score (nSPS) is 13.1. The summed E-state index contributed by atoms with van der Waals surface area (Å²) in [5.74, 6) is 1.18. The fourth-order valence-electron chi connectivity index (χ4n) is 2.83. The van der Waals surface area contributed by atoms with E-state index in [0.29, 0.717) is 22.4 Å². The summed E-state index contributed by atoms with van der Waals surface area (Å²) >= 11 is 0. The van der Waals surface area contributed by atoms with E-state index in [1.807, 2.05) is 32.2 Å². The summed E-state index contributed by atoms with van der Waals surface area (Å²) in [5.41, 5.74) is 1.19. The van der Waals surface area contributed by atoms with Crippen molar-refractivity contribution in [1.82, 2.24) is 9.97 Å². The van der Waals surface area contributed by atoms with Crippen molar-refractivity contribution in [1.29, 1.82) is 0 Å². The molecule has 7 heteroatoms. The van der Waals surface area contributed by atoms with Crippen LogP contribution in [0.15, 0.2) is 53.3 Å². The smallest absolute Gasteiger partial charge is 0.279 e. The first-order valence-electron chi connectivity index (χ1n) is 8.73. The number of methoxy groups -OCH3 is 1.